The Labute approximate surface area is 131 Å². The van der Waals surface area contributed by atoms with Crippen molar-refractivity contribution in [1.29, 1.82) is 5.41 Å². The van der Waals surface area contributed by atoms with Crippen LogP contribution in [0.3, 0.4) is 0 Å². The Morgan fingerprint density at radius 2 is 1.96 bits per heavy atom. The lowest BCUT2D eigenvalue weighted by Crippen LogP contribution is -2.48. The predicted molar refractivity (Wildman–Crippen MR) is 79.5 cm³/mol. The van der Waals surface area contributed by atoms with Crippen LogP contribution in [-0.4, -0.2) is 48.1 Å². The summed E-state index contributed by atoms with van der Waals surface area (Å²) in [6, 6.07) is 5.55. The first kappa shape index (κ1) is 15.2. The van der Waals surface area contributed by atoms with Crippen molar-refractivity contribution in [3.05, 3.63) is 42.2 Å². The van der Waals surface area contributed by atoms with Crippen LogP contribution in [0.2, 0.25) is 0 Å². The Hall–Kier alpha value is -2.74. The van der Waals surface area contributed by atoms with Gasteiger partial charge in [-0.25, -0.2) is 9.37 Å². The van der Waals surface area contributed by atoms with Crippen molar-refractivity contribution in [3.8, 4) is 11.3 Å². The van der Waals surface area contributed by atoms with Gasteiger partial charge in [-0.3, -0.25) is 15.5 Å². The third-order valence-corrected chi connectivity index (χ3v) is 3.45. The summed E-state index contributed by atoms with van der Waals surface area (Å²) in [6.45, 7) is 2.12. The number of amides is 1. The second-order valence-corrected chi connectivity index (χ2v) is 4.94. The van der Waals surface area contributed by atoms with E-state index < -0.39 is 5.91 Å². The first-order valence-electron chi connectivity index (χ1n) is 7.07. The summed E-state index contributed by atoms with van der Waals surface area (Å²) in [5.41, 5.74) is 0.585. The van der Waals surface area contributed by atoms with Crippen LogP contribution in [0, 0.1) is 11.2 Å². The predicted octanol–water partition coefficient (Wildman–Crippen LogP) is 1.48. The van der Waals surface area contributed by atoms with Crippen molar-refractivity contribution in [2.45, 2.75) is 0 Å². The van der Waals surface area contributed by atoms with E-state index in [1.54, 1.807) is 4.90 Å². The van der Waals surface area contributed by atoms with E-state index in [0.29, 0.717) is 31.9 Å². The maximum atomic E-state index is 13.0. The van der Waals surface area contributed by atoms with Crippen LogP contribution < -0.4 is 5.32 Å². The highest BCUT2D eigenvalue weighted by molar-refractivity contribution is 6.06. The summed E-state index contributed by atoms with van der Waals surface area (Å²) in [4.78, 5) is 17.9. The van der Waals surface area contributed by atoms with E-state index in [9.17, 15) is 9.18 Å². The second-order valence-electron chi connectivity index (χ2n) is 4.94. The number of oxazole rings is 1. The number of morpholine rings is 1. The fourth-order valence-corrected chi connectivity index (χ4v) is 2.25. The molecule has 1 aromatic heterocycles. The molecule has 23 heavy (non-hydrogen) atoms. The van der Waals surface area contributed by atoms with Gasteiger partial charge in [0.1, 0.15) is 5.82 Å². The third-order valence-electron chi connectivity index (χ3n) is 3.45. The maximum absolute atomic E-state index is 13.0. The zero-order valence-corrected chi connectivity index (χ0v) is 12.2. The van der Waals surface area contributed by atoms with Crippen LogP contribution in [-0.2, 0) is 4.74 Å². The highest BCUT2D eigenvalue weighted by Crippen LogP contribution is 2.23. The van der Waals surface area contributed by atoms with E-state index in [2.05, 4.69) is 10.3 Å². The van der Waals surface area contributed by atoms with E-state index in [-0.39, 0.29) is 23.2 Å². The number of nitrogens with zero attached hydrogens (tertiary/aromatic N) is 2. The van der Waals surface area contributed by atoms with E-state index >= 15 is 0 Å². The number of ether oxygens (including phenoxy) is 1. The van der Waals surface area contributed by atoms with E-state index in [1.807, 2.05) is 0 Å². The molecule has 3 rings (SSSR count). The number of nitrogens with one attached hydrogen (secondary N) is 2. The number of rotatable bonds is 2. The highest BCUT2D eigenvalue weighted by Gasteiger charge is 2.22. The van der Waals surface area contributed by atoms with Crippen molar-refractivity contribution in [2.24, 2.45) is 0 Å². The van der Waals surface area contributed by atoms with Crippen LogP contribution in [0.15, 0.2) is 35.1 Å². The molecule has 0 unspecified atom stereocenters. The van der Waals surface area contributed by atoms with Gasteiger partial charge in [-0.1, -0.05) is 0 Å². The first-order chi connectivity index (χ1) is 11.1. The van der Waals surface area contributed by atoms with Crippen molar-refractivity contribution >= 4 is 11.9 Å². The zero-order valence-electron chi connectivity index (χ0n) is 12.2. The molecule has 0 atom stereocenters. The molecule has 1 aliphatic rings. The SMILES string of the molecule is N=C(NC(=O)c1ncoc1-c1ccc(F)cc1)N1CCOCC1. The fourth-order valence-electron chi connectivity index (χ4n) is 2.25. The summed E-state index contributed by atoms with van der Waals surface area (Å²) < 4.78 is 23.4. The molecule has 0 saturated carbocycles. The van der Waals surface area contributed by atoms with Gasteiger partial charge in [0.05, 0.1) is 13.2 Å². The molecule has 7 nitrogen and oxygen atoms in total. The summed E-state index contributed by atoms with van der Waals surface area (Å²) in [6.07, 6.45) is 1.14. The Bertz CT molecular complexity index is 708. The van der Waals surface area contributed by atoms with Gasteiger partial charge in [-0.15, -0.1) is 0 Å². The molecule has 0 radical (unpaired) electrons. The number of benzene rings is 1. The Balaban J connectivity index is 1.74. The molecular formula is C15H15FN4O3. The van der Waals surface area contributed by atoms with Crippen molar-refractivity contribution < 1.29 is 18.3 Å². The normalized spacial score (nSPS) is 14.6. The number of halogens is 1. The Morgan fingerprint density at radius 1 is 1.26 bits per heavy atom. The van der Waals surface area contributed by atoms with Gasteiger partial charge in [-0.2, -0.15) is 0 Å². The number of aromatic nitrogens is 1. The van der Waals surface area contributed by atoms with Gasteiger partial charge in [0, 0.05) is 18.7 Å². The monoisotopic (exact) mass is 318 g/mol. The van der Waals surface area contributed by atoms with Crippen molar-refractivity contribution in [3.63, 3.8) is 0 Å². The molecule has 2 aromatic rings. The lowest BCUT2D eigenvalue weighted by molar-refractivity contribution is 0.0653. The molecule has 120 valence electrons. The van der Waals surface area contributed by atoms with Gasteiger partial charge >= 0.3 is 0 Å². The lowest BCUT2D eigenvalue weighted by Gasteiger charge is -2.28. The topological polar surface area (TPSA) is 91.5 Å². The number of hydrogen-bond donors (Lipinski definition) is 2. The third kappa shape index (κ3) is 3.37. The molecule has 2 N–H and O–H groups in total. The maximum Gasteiger partial charge on any atom is 0.280 e. The lowest BCUT2D eigenvalue weighted by atomic mass is 10.1. The first-order valence-corrected chi connectivity index (χ1v) is 7.07. The van der Waals surface area contributed by atoms with Crippen molar-refractivity contribution in [2.75, 3.05) is 26.3 Å². The van der Waals surface area contributed by atoms with E-state index in [4.69, 9.17) is 14.6 Å². The minimum atomic E-state index is -0.547. The molecule has 0 aliphatic carbocycles. The summed E-state index contributed by atoms with van der Waals surface area (Å²) in [5.74, 6) is -0.702. The molecule has 1 saturated heterocycles. The molecule has 1 fully saturated rings. The minimum absolute atomic E-state index is 0.00800. The number of guanidine groups is 1. The number of carbonyl (C=O) groups is 1. The number of hydrogen-bond acceptors (Lipinski definition) is 5. The average Bonchev–Trinajstić information content (AvgIpc) is 3.06. The average molecular weight is 318 g/mol. The fraction of sp³-hybridized carbons (Fsp3) is 0.267. The van der Waals surface area contributed by atoms with Crippen LogP contribution in [0.1, 0.15) is 10.5 Å². The van der Waals surface area contributed by atoms with E-state index in [1.165, 1.54) is 24.3 Å². The van der Waals surface area contributed by atoms with Gasteiger partial charge in [0.25, 0.3) is 5.91 Å². The van der Waals surface area contributed by atoms with Gasteiger partial charge in [0.15, 0.2) is 23.8 Å². The molecule has 1 amide bonds. The largest absolute Gasteiger partial charge is 0.443 e. The summed E-state index contributed by atoms with van der Waals surface area (Å²) in [7, 11) is 0. The molecule has 8 heteroatoms. The highest BCUT2D eigenvalue weighted by atomic mass is 19.1. The molecule has 2 heterocycles. The molecular weight excluding hydrogens is 303 g/mol. The summed E-state index contributed by atoms with van der Waals surface area (Å²) >= 11 is 0. The molecule has 0 spiro atoms. The smallest absolute Gasteiger partial charge is 0.280 e. The Morgan fingerprint density at radius 3 is 2.65 bits per heavy atom. The van der Waals surface area contributed by atoms with Crippen LogP contribution in [0.4, 0.5) is 4.39 Å². The number of carbonyl (C=O) groups excluding carboxylic acids is 1. The van der Waals surface area contributed by atoms with Gasteiger partial charge in [-0.05, 0) is 24.3 Å². The Kier molecular flexibility index (Phi) is 4.33. The standard InChI is InChI=1S/C15H15FN4O3/c16-11-3-1-10(2-4-11)13-12(18-9-23-13)14(21)19-15(17)20-5-7-22-8-6-20/h1-4,9H,5-8H2,(H2,17,19,21). The van der Waals surface area contributed by atoms with Crippen molar-refractivity contribution in [1.82, 2.24) is 15.2 Å². The van der Waals surface area contributed by atoms with Gasteiger partial charge in [0.2, 0.25) is 0 Å². The van der Waals surface area contributed by atoms with Gasteiger partial charge < -0.3 is 14.1 Å². The quantitative estimate of drug-likeness (QED) is 0.646. The van der Waals surface area contributed by atoms with Crippen LogP contribution in [0.5, 0.6) is 0 Å². The molecule has 0 bridgehead atoms. The van der Waals surface area contributed by atoms with E-state index in [0.717, 1.165) is 6.39 Å². The second kappa shape index (κ2) is 6.57. The minimum Gasteiger partial charge on any atom is -0.443 e. The summed E-state index contributed by atoms with van der Waals surface area (Å²) in [5, 5.41) is 10.4. The molecule has 1 aromatic carbocycles. The van der Waals surface area contributed by atoms with Crippen LogP contribution in [0.25, 0.3) is 11.3 Å². The zero-order chi connectivity index (χ0) is 16.2. The van der Waals surface area contributed by atoms with Crippen LogP contribution >= 0.6 is 0 Å². The molecule has 1 aliphatic heterocycles.